The predicted molar refractivity (Wildman–Crippen MR) is 94.0 cm³/mol. The molecule has 6 nitrogen and oxygen atoms in total. The van der Waals surface area contributed by atoms with Gasteiger partial charge in [-0.1, -0.05) is 12.1 Å². The van der Waals surface area contributed by atoms with Gasteiger partial charge in [0.2, 0.25) is 0 Å². The van der Waals surface area contributed by atoms with Crippen LogP contribution in [0.3, 0.4) is 0 Å². The number of hydrogen-bond donors (Lipinski definition) is 2. The minimum absolute atomic E-state index is 0.243. The van der Waals surface area contributed by atoms with Crippen LogP contribution in [0.4, 0.5) is 5.82 Å². The lowest BCUT2D eigenvalue weighted by Gasteiger charge is -2.36. The number of likely N-dealkylation sites (tertiary alicyclic amines) is 1. The Bertz CT molecular complexity index is 785. The smallest absolute Gasteiger partial charge is 0.354 e. The van der Waals surface area contributed by atoms with Crippen LogP contribution in [0.2, 0.25) is 0 Å². The van der Waals surface area contributed by atoms with Gasteiger partial charge in [0.1, 0.15) is 5.82 Å². The second-order valence-corrected chi connectivity index (χ2v) is 7.00. The van der Waals surface area contributed by atoms with E-state index >= 15 is 0 Å². The van der Waals surface area contributed by atoms with Crippen LogP contribution in [0.1, 0.15) is 12.0 Å². The topological polar surface area (TPSA) is 90.2 Å². The van der Waals surface area contributed by atoms with Gasteiger partial charge in [0.25, 0.3) is 0 Å². The normalized spacial score (nSPS) is 26.1. The number of hydrogen-bond acceptors (Lipinski definition) is 5. The minimum atomic E-state index is -0.355. The van der Waals surface area contributed by atoms with Crippen LogP contribution in [0, 0.1) is 11.8 Å². The maximum absolute atomic E-state index is 11.9. The van der Waals surface area contributed by atoms with Crippen molar-refractivity contribution in [2.24, 2.45) is 17.6 Å². The molecule has 0 radical (unpaired) electrons. The van der Waals surface area contributed by atoms with E-state index in [1.165, 1.54) is 23.1 Å². The van der Waals surface area contributed by atoms with E-state index in [0.717, 1.165) is 37.0 Å². The average molecular weight is 325 g/mol. The number of benzene rings is 1. The summed E-state index contributed by atoms with van der Waals surface area (Å²) in [6.07, 6.45) is 3.87. The van der Waals surface area contributed by atoms with E-state index in [4.69, 9.17) is 11.5 Å². The zero-order valence-electron chi connectivity index (χ0n) is 13.6. The van der Waals surface area contributed by atoms with Crippen LogP contribution in [0.15, 0.2) is 41.3 Å². The van der Waals surface area contributed by atoms with Crippen LogP contribution in [0.5, 0.6) is 0 Å². The molecule has 126 valence electrons. The number of nitrogens with zero attached hydrogens (tertiary/aromatic N) is 3. The molecule has 1 aliphatic heterocycles. The van der Waals surface area contributed by atoms with E-state index in [-0.39, 0.29) is 11.5 Å². The Labute approximate surface area is 141 Å². The van der Waals surface area contributed by atoms with Gasteiger partial charge in [-0.2, -0.15) is 4.98 Å². The van der Waals surface area contributed by atoms with E-state index in [9.17, 15) is 4.79 Å². The summed E-state index contributed by atoms with van der Waals surface area (Å²) in [5.74, 6) is 1.79. The lowest BCUT2D eigenvalue weighted by atomic mass is 9.72. The summed E-state index contributed by atoms with van der Waals surface area (Å²) in [5.41, 5.74) is 13.3. The number of nitrogens with two attached hydrogens (primary N) is 2. The molecule has 4 rings (SSSR count). The SMILES string of the molecule is Nc1ccn(-c2ccc(CCN3CC4CC(N)C4C3)cc2)c(=O)n1. The molecule has 2 fully saturated rings. The maximum Gasteiger partial charge on any atom is 0.354 e. The molecule has 3 atom stereocenters. The van der Waals surface area contributed by atoms with E-state index in [1.807, 2.05) is 12.1 Å². The third kappa shape index (κ3) is 2.83. The lowest BCUT2D eigenvalue weighted by molar-refractivity contribution is 0.194. The Morgan fingerprint density at radius 3 is 2.62 bits per heavy atom. The summed E-state index contributed by atoms with van der Waals surface area (Å²) in [4.78, 5) is 18.2. The monoisotopic (exact) mass is 325 g/mol. The zero-order chi connectivity index (χ0) is 16.7. The highest BCUT2D eigenvalue weighted by atomic mass is 16.1. The van der Waals surface area contributed by atoms with Gasteiger partial charge >= 0.3 is 5.69 Å². The number of rotatable bonds is 4. The summed E-state index contributed by atoms with van der Waals surface area (Å²) in [6.45, 7) is 3.42. The third-order valence-electron chi connectivity index (χ3n) is 5.45. The van der Waals surface area contributed by atoms with Crippen molar-refractivity contribution in [2.75, 3.05) is 25.4 Å². The van der Waals surface area contributed by atoms with E-state index < -0.39 is 0 Å². The van der Waals surface area contributed by atoms with Gasteiger partial charge in [-0.05, 0) is 48.4 Å². The largest absolute Gasteiger partial charge is 0.383 e. The fourth-order valence-corrected chi connectivity index (χ4v) is 3.96. The molecule has 1 saturated heterocycles. The fourth-order valence-electron chi connectivity index (χ4n) is 3.96. The molecule has 2 heterocycles. The van der Waals surface area contributed by atoms with Gasteiger partial charge in [0.15, 0.2) is 0 Å². The fraction of sp³-hybridized carbons (Fsp3) is 0.444. The molecule has 24 heavy (non-hydrogen) atoms. The van der Waals surface area contributed by atoms with Gasteiger partial charge < -0.3 is 16.4 Å². The van der Waals surface area contributed by atoms with Crippen LogP contribution >= 0.6 is 0 Å². The molecule has 1 aromatic carbocycles. The first kappa shape index (κ1) is 15.4. The molecule has 1 aliphatic carbocycles. The van der Waals surface area contributed by atoms with Gasteiger partial charge in [-0.3, -0.25) is 4.57 Å². The molecule has 0 bridgehead atoms. The number of aromatic nitrogens is 2. The summed E-state index contributed by atoms with van der Waals surface area (Å²) in [5, 5.41) is 0. The van der Waals surface area contributed by atoms with E-state index in [0.29, 0.717) is 6.04 Å². The van der Waals surface area contributed by atoms with Crippen molar-refractivity contribution in [2.45, 2.75) is 18.9 Å². The zero-order valence-corrected chi connectivity index (χ0v) is 13.6. The molecule has 0 spiro atoms. The molecule has 0 amide bonds. The molecule has 3 unspecified atom stereocenters. The standard InChI is InChI=1S/C18H23N5O/c19-16-9-13-10-22(11-15(13)16)7-5-12-1-3-14(4-2-12)23-8-6-17(20)21-18(23)24/h1-4,6,8,13,15-16H,5,7,9-11,19H2,(H2,20,21,24). The van der Waals surface area contributed by atoms with Crippen molar-refractivity contribution in [3.8, 4) is 5.69 Å². The van der Waals surface area contributed by atoms with Crippen molar-refractivity contribution < 1.29 is 0 Å². The Hall–Kier alpha value is -2.18. The first-order valence-electron chi connectivity index (χ1n) is 8.52. The second-order valence-electron chi connectivity index (χ2n) is 7.00. The molecular formula is C18H23N5O. The van der Waals surface area contributed by atoms with Gasteiger partial charge in [-0.15, -0.1) is 0 Å². The minimum Gasteiger partial charge on any atom is -0.383 e. The van der Waals surface area contributed by atoms with Crippen molar-refractivity contribution in [3.63, 3.8) is 0 Å². The van der Waals surface area contributed by atoms with Gasteiger partial charge in [0, 0.05) is 31.9 Å². The lowest BCUT2D eigenvalue weighted by Crippen LogP contribution is -2.46. The first-order chi connectivity index (χ1) is 11.6. The van der Waals surface area contributed by atoms with Crippen LogP contribution < -0.4 is 17.2 Å². The molecule has 1 aromatic heterocycles. The summed E-state index contributed by atoms with van der Waals surface area (Å²) < 4.78 is 1.50. The van der Waals surface area contributed by atoms with Crippen molar-refractivity contribution >= 4 is 5.82 Å². The maximum atomic E-state index is 11.9. The third-order valence-corrected chi connectivity index (χ3v) is 5.45. The van der Waals surface area contributed by atoms with Crippen LogP contribution in [-0.4, -0.2) is 40.1 Å². The van der Waals surface area contributed by atoms with Gasteiger partial charge in [-0.25, -0.2) is 4.79 Å². The summed E-state index contributed by atoms with van der Waals surface area (Å²) in [7, 11) is 0. The molecule has 6 heteroatoms. The molecule has 4 N–H and O–H groups in total. The van der Waals surface area contributed by atoms with E-state index in [2.05, 4.69) is 22.0 Å². The highest BCUT2D eigenvalue weighted by Crippen LogP contribution is 2.39. The summed E-state index contributed by atoms with van der Waals surface area (Å²) in [6, 6.07) is 10.1. The van der Waals surface area contributed by atoms with Crippen molar-refractivity contribution in [1.82, 2.24) is 14.5 Å². The number of fused-ring (bicyclic) bond motifs is 1. The van der Waals surface area contributed by atoms with Crippen LogP contribution in [0.25, 0.3) is 5.69 Å². The second kappa shape index (κ2) is 6.03. The number of anilines is 1. The first-order valence-corrected chi connectivity index (χ1v) is 8.52. The molecule has 2 aliphatic rings. The predicted octanol–water partition coefficient (Wildman–Crippen LogP) is 0.636. The Morgan fingerprint density at radius 2 is 1.96 bits per heavy atom. The molecule has 2 aromatic rings. The highest BCUT2D eigenvalue weighted by molar-refractivity contribution is 5.36. The van der Waals surface area contributed by atoms with E-state index in [1.54, 1.807) is 12.3 Å². The summed E-state index contributed by atoms with van der Waals surface area (Å²) >= 11 is 0. The highest BCUT2D eigenvalue weighted by Gasteiger charge is 2.44. The Kier molecular flexibility index (Phi) is 3.86. The van der Waals surface area contributed by atoms with Gasteiger partial charge in [0.05, 0.1) is 5.69 Å². The molecule has 1 saturated carbocycles. The Morgan fingerprint density at radius 1 is 1.17 bits per heavy atom. The quantitative estimate of drug-likeness (QED) is 0.861. The van der Waals surface area contributed by atoms with Crippen molar-refractivity contribution in [1.29, 1.82) is 0 Å². The molecular weight excluding hydrogens is 302 g/mol. The van der Waals surface area contributed by atoms with Crippen molar-refractivity contribution in [3.05, 3.63) is 52.6 Å². The number of nitrogen functional groups attached to an aromatic ring is 1. The Balaban J connectivity index is 1.38. The average Bonchev–Trinajstić information content (AvgIpc) is 2.90. The van der Waals surface area contributed by atoms with Crippen LogP contribution in [-0.2, 0) is 6.42 Å².